The van der Waals surface area contributed by atoms with Gasteiger partial charge in [-0.25, -0.2) is 4.79 Å². The van der Waals surface area contributed by atoms with Crippen molar-refractivity contribution in [3.63, 3.8) is 0 Å². The van der Waals surface area contributed by atoms with Gasteiger partial charge < -0.3 is 10.4 Å². The standard InChI is InChI=1S/C13H21NO2S2/c1-4-13(5-2,17-3)9-14-8-10-6-7-11(18-10)12(15)16/h6-7,14H,4-5,8-9H2,1-3H3,(H,15,16). The molecule has 1 aromatic rings. The minimum Gasteiger partial charge on any atom is -0.477 e. The minimum absolute atomic E-state index is 0.298. The Hall–Kier alpha value is -0.520. The lowest BCUT2D eigenvalue weighted by molar-refractivity contribution is 0.0702. The van der Waals surface area contributed by atoms with Gasteiger partial charge in [-0.1, -0.05) is 13.8 Å². The van der Waals surface area contributed by atoms with Crippen LogP contribution >= 0.6 is 23.1 Å². The van der Waals surface area contributed by atoms with E-state index in [1.54, 1.807) is 6.07 Å². The number of thiophene rings is 1. The van der Waals surface area contributed by atoms with E-state index in [0.717, 1.165) is 30.8 Å². The molecule has 0 aliphatic carbocycles. The summed E-state index contributed by atoms with van der Waals surface area (Å²) in [5.41, 5.74) is 0. The molecular formula is C13H21NO2S2. The van der Waals surface area contributed by atoms with Crippen LogP contribution in [0.2, 0.25) is 0 Å². The van der Waals surface area contributed by atoms with Crippen LogP contribution in [0.15, 0.2) is 12.1 Å². The summed E-state index contributed by atoms with van der Waals surface area (Å²) >= 11 is 3.25. The highest BCUT2D eigenvalue weighted by atomic mass is 32.2. The van der Waals surface area contributed by atoms with Crippen LogP contribution in [0.1, 0.15) is 41.2 Å². The van der Waals surface area contributed by atoms with E-state index in [4.69, 9.17) is 5.11 Å². The number of carboxylic acid groups (broad SMARTS) is 1. The van der Waals surface area contributed by atoms with Crippen LogP contribution in [-0.4, -0.2) is 28.6 Å². The Kier molecular flexibility index (Phi) is 6.18. The molecule has 1 aromatic heterocycles. The third-order valence-corrected chi connectivity index (χ3v) is 6.00. The van der Waals surface area contributed by atoms with Crippen LogP contribution in [-0.2, 0) is 6.54 Å². The van der Waals surface area contributed by atoms with Crippen molar-refractivity contribution in [2.24, 2.45) is 0 Å². The third-order valence-electron chi connectivity index (χ3n) is 3.34. The van der Waals surface area contributed by atoms with Crippen LogP contribution in [0.3, 0.4) is 0 Å². The molecule has 0 spiro atoms. The van der Waals surface area contributed by atoms with Crippen molar-refractivity contribution >= 4 is 29.1 Å². The summed E-state index contributed by atoms with van der Waals surface area (Å²) in [7, 11) is 0. The second-order valence-corrected chi connectivity index (χ2v) is 6.71. The van der Waals surface area contributed by atoms with Gasteiger partial charge in [-0.3, -0.25) is 0 Å². The van der Waals surface area contributed by atoms with Crippen LogP contribution in [0.4, 0.5) is 0 Å². The second kappa shape index (κ2) is 7.16. The maximum absolute atomic E-state index is 10.8. The molecule has 3 nitrogen and oxygen atoms in total. The Morgan fingerprint density at radius 3 is 2.56 bits per heavy atom. The van der Waals surface area contributed by atoms with Gasteiger partial charge in [0.25, 0.3) is 0 Å². The number of rotatable bonds is 8. The van der Waals surface area contributed by atoms with E-state index in [0.29, 0.717) is 9.62 Å². The van der Waals surface area contributed by atoms with E-state index in [2.05, 4.69) is 25.4 Å². The zero-order valence-electron chi connectivity index (χ0n) is 11.2. The molecule has 0 fully saturated rings. The van der Waals surface area contributed by atoms with Crippen LogP contribution in [0.5, 0.6) is 0 Å². The smallest absolute Gasteiger partial charge is 0.345 e. The predicted molar refractivity (Wildman–Crippen MR) is 79.8 cm³/mol. The van der Waals surface area contributed by atoms with Gasteiger partial charge in [0.2, 0.25) is 0 Å². The van der Waals surface area contributed by atoms with Crippen LogP contribution in [0, 0.1) is 0 Å². The third kappa shape index (κ3) is 4.00. The lowest BCUT2D eigenvalue weighted by atomic mass is 10.0. The zero-order chi connectivity index (χ0) is 13.6. The normalized spacial score (nSPS) is 11.7. The quantitative estimate of drug-likeness (QED) is 0.769. The molecule has 1 heterocycles. The van der Waals surface area contributed by atoms with E-state index >= 15 is 0 Å². The van der Waals surface area contributed by atoms with Crippen LogP contribution < -0.4 is 5.32 Å². The number of aromatic carboxylic acids is 1. The SMILES string of the molecule is CCC(CC)(CNCc1ccc(C(=O)O)s1)SC. The van der Waals surface area contributed by atoms with E-state index in [1.807, 2.05) is 17.8 Å². The number of nitrogens with one attached hydrogen (secondary N) is 1. The topological polar surface area (TPSA) is 49.3 Å². The minimum atomic E-state index is -0.841. The maximum atomic E-state index is 10.8. The summed E-state index contributed by atoms with van der Waals surface area (Å²) in [6.45, 7) is 6.15. The van der Waals surface area contributed by atoms with E-state index in [-0.39, 0.29) is 0 Å². The Bertz CT molecular complexity index is 378. The molecule has 0 aliphatic rings. The molecule has 18 heavy (non-hydrogen) atoms. The summed E-state index contributed by atoms with van der Waals surface area (Å²) in [6.07, 6.45) is 4.44. The Morgan fingerprint density at radius 1 is 1.44 bits per heavy atom. The summed E-state index contributed by atoms with van der Waals surface area (Å²) in [5, 5.41) is 12.3. The van der Waals surface area contributed by atoms with Gasteiger partial charge in [-0.2, -0.15) is 11.8 Å². The fourth-order valence-electron chi connectivity index (χ4n) is 1.86. The van der Waals surface area contributed by atoms with Crippen molar-refractivity contribution in [3.05, 3.63) is 21.9 Å². The summed E-state index contributed by atoms with van der Waals surface area (Å²) in [6, 6.07) is 3.56. The Balaban J connectivity index is 2.47. The number of carbonyl (C=O) groups is 1. The molecule has 0 radical (unpaired) electrons. The molecule has 0 aromatic carbocycles. The Morgan fingerprint density at radius 2 is 2.11 bits per heavy atom. The Labute approximate surface area is 117 Å². The van der Waals surface area contributed by atoms with Gasteiger partial charge in [0.05, 0.1) is 0 Å². The first kappa shape index (κ1) is 15.5. The molecule has 2 N–H and O–H groups in total. The number of hydrogen-bond acceptors (Lipinski definition) is 4. The monoisotopic (exact) mass is 287 g/mol. The lowest BCUT2D eigenvalue weighted by Crippen LogP contribution is -2.36. The molecule has 0 bridgehead atoms. The number of carboxylic acids is 1. The average molecular weight is 287 g/mol. The molecule has 0 saturated heterocycles. The van der Waals surface area contributed by atoms with E-state index in [1.165, 1.54) is 11.3 Å². The van der Waals surface area contributed by atoms with Gasteiger partial charge in [-0.15, -0.1) is 11.3 Å². The maximum Gasteiger partial charge on any atom is 0.345 e. The fraction of sp³-hybridized carbons (Fsp3) is 0.615. The highest BCUT2D eigenvalue weighted by molar-refractivity contribution is 8.00. The predicted octanol–water partition coefficient (Wildman–Crippen LogP) is 3.46. The summed E-state index contributed by atoms with van der Waals surface area (Å²) < 4.78 is 0.298. The molecule has 5 heteroatoms. The summed E-state index contributed by atoms with van der Waals surface area (Å²) in [5.74, 6) is -0.841. The largest absolute Gasteiger partial charge is 0.477 e. The fourth-order valence-corrected chi connectivity index (χ4v) is 3.50. The first-order valence-corrected chi connectivity index (χ1v) is 8.19. The second-order valence-electron chi connectivity index (χ2n) is 4.27. The van der Waals surface area contributed by atoms with Crippen LogP contribution in [0.25, 0.3) is 0 Å². The molecule has 1 rings (SSSR count). The van der Waals surface area contributed by atoms with E-state index in [9.17, 15) is 4.79 Å². The van der Waals surface area contributed by atoms with Crippen molar-refractivity contribution < 1.29 is 9.90 Å². The molecule has 0 atom stereocenters. The highest BCUT2D eigenvalue weighted by Gasteiger charge is 2.24. The van der Waals surface area contributed by atoms with Gasteiger partial charge in [-0.05, 0) is 31.2 Å². The molecule has 102 valence electrons. The van der Waals surface area contributed by atoms with Crippen molar-refractivity contribution in [2.45, 2.75) is 38.0 Å². The van der Waals surface area contributed by atoms with Gasteiger partial charge >= 0.3 is 5.97 Å². The lowest BCUT2D eigenvalue weighted by Gasteiger charge is -2.29. The molecule has 0 unspecified atom stereocenters. The molecule has 0 amide bonds. The number of thioether (sulfide) groups is 1. The number of hydrogen-bond donors (Lipinski definition) is 2. The van der Waals surface area contributed by atoms with Crippen molar-refractivity contribution in [3.8, 4) is 0 Å². The molecule has 0 saturated carbocycles. The van der Waals surface area contributed by atoms with Gasteiger partial charge in [0.15, 0.2) is 0 Å². The highest BCUT2D eigenvalue weighted by Crippen LogP contribution is 2.29. The van der Waals surface area contributed by atoms with Crippen molar-refractivity contribution in [1.29, 1.82) is 0 Å². The molecule has 0 aliphatic heterocycles. The van der Waals surface area contributed by atoms with Crippen molar-refractivity contribution in [1.82, 2.24) is 5.32 Å². The first-order chi connectivity index (χ1) is 8.56. The zero-order valence-corrected chi connectivity index (χ0v) is 12.8. The van der Waals surface area contributed by atoms with Gasteiger partial charge in [0.1, 0.15) is 4.88 Å². The average Bonchev–Trinajstić information content (AvgIpc) is 2.84. The van der Waals surface area contributed by atoms with Crippen molar-refractivity contribution in [2.75, 3.05) is 12.8 Å². The molecular weight excluding hydrogens is 266 g/mol. The van der Waals surface area contributed by atoms with Gasteiger partial charge in [0, 0.05) is 22.7 Å². The van der Waals surface area contributed by atoms with E-state index < -0.39 is 5.97 Å². The summed E-state index contributed by atoms with van der Waals surface area (Å²) in [4.78, 5) is 12.3. The first-order valence-electron chi connectivity index (χ1n) is 6.14.